The molecule has 1 N–H and O–H groups in total. The first-order valence-electron chi connectivity index (χ1n) is 6.03. The summed E-state index contributed by atoms with van der Waals surface area (Å²) in [5.74, 6) is 0. The number of rotatable bonds is 2. The highest BCUT2D eigenvalue weighted by Gasteiger charge is 2.40. The molecule has 2 fully saturated rings. The molecule has 0 aliphatic carbocycles. The lowest BCUT2D eigenvalue weighted by Crippen LogP contribution is -2.52. The molecule has 0 spiro atoms. The standard InChI is InChI=1S/C12H14Cl2N2OS/c13-8-1-4-11(14)12(5-8)18(17)16-9-2-3-10(16)7-15-6-9/h1,4-5,9-10,15H,2-3,6-7H2/t9-,10?,18?/m1/s1. The highest BCUT2D eigenvalue weighted by atomic mass is 35.5. The summed E-state index contributed by atoms with van der Waals surface area (Å²) in [5, 5.41) is 4.47. The van der Waals surface area contributed by atoms with Gasteiger partial charge >= 0.3 is 0 Å². The summed E-state index contributed by atoms with van der Waals surface area (Å²) in [7, 11) is -1.21. The molecule has 2 aliphatic heterocycles. The van der Waals surface area contributed by atoms with Gasteiger partial charge in [-0.3, -0.25) is 0 Å². The zero-order chi connectivity index (χ0) is 12.7. The van der Waals surface area contributed by atoms with Crippen molar-refractivity contribution in [2.45, 2.75) is 29.8 Å². The van der Waals surface area contributed by atoms with Crippen molar-refractivity contribution in [3.63, 3.8) is 0 Å². The van der Waals surface area contributed by atoms with E-state index < -0.39 is 11.0 Å². The van der Waals surface area contributed by atoms with Crippen LogP contribution >= 0.6 is 23.2 Å². The van der Waals surface area contributed by atoms with Crippen molar-refractivity contribution in [1.29, 1.82) is 0 Å². The van der Waals surface area contributed by atoms with Crippen LogP contribution in [0.5, 0.6) is 0 Å². The van der Waals surface area contributed by atoms with Crippen LogP contribution in [0.2, 0.25) is 10.0 Å². The SMILES string of the molecule is O=S(c1cc(Cl)ccc1Cl)N1C2CC[C@@H]1CNC2. The third-order valence-electron chi connectivity index (χ3n) is 3.59. The smallest absolute Gasteiger partial charge is 0.129 e. The molecule has 2 heterocycles. The molecule has 0 amide bonds. The number of nitrogens with one attached hydrogen (secondary N) is 1. The molecule has 3 nitrogen and oxygen atoms in total. The molecule has 6 heteroatoms. The van der Waals surface area contributed by atoms with Crippen molar-refractivity contribution in [2.24, 2.45) is 0 Å². The van der Waals surface area contributed by atoms with E-state index in [4.69, 9.17) is 23.2 Å². The fraction of sp³-hybridized carbons (Fsp3) is 0.500. The number of halogens is 2. The Bertz CT molecular complexity index is 481. The molecule has 0 aromatic heterocycles. The molecule has 2 saturated heterocycles. The van der Waals surface area contributed by atoms with Crippen molar-refractivity contribution in [1.82, 2.24) is 9.62 Å². The zero-order valence-electron chi connectivity index (χ0n) is 9.73. The largest absolute Gasteiger partial charge is 0.314 e. The molecule has 18 heavy (non-hydrogen) atoms. The van der Waals surface area contributed by atoms with Gasteiger partial charge in [0.1, 0.15) is 11.0 Å². The minimum atomic E-state index is -1.21. The maximum atomic E-state index is 12.7. The summed E-state index contributed by atoms with van der Waals surface area (Å²) in [6.45, 7) is 1.81. The fourth-order valence-corrected chi connectivity index (χ4v) is 4.88. The van der Waals surface area contributed by atoms with Crippen molar-refractivity contribution < 1.29 is 4.21 Å². The van der Waals surface area contributed by atoms with Gasteiger partial charge < -0.3 is 5.32 Å². The van der Waals surface area contributed by atoms with Crippen molar-refractivity contribution in [3.8, 4) is 0 Å². The number of hydrogen-bond acceptors (Lipinski definition) is 2. The third-order valence-corrected chi connectivity index (χ3v) is 5.96. The Morgan fingerprint density at radius 2 is 1.89 bits per heavy atom. The first kappa shape index (κ1) is 12.9. The Labute approximate surface area is 119 Å². The molecule has 0 radical (unpaired) electrons. The van der Waals surface area contributed by atoms with Crippen LogP contribution in [0, 0.1) is 0 Å². The van der Waals surface area contributed by atoms with E-state index in [0.717, 1.165) is 25.9 Å². The highest BCUT2D eigenvalue weighted by Crippen LogP contribution is 2.33. The highest BCUT2D eigenvalue weighted by molar-refractivity contribution is 7.82. The Kier molecular flexibility index (Phi) is 3.65. The van der Waals surface area contributed by atoms with Gasteiger partial charge in [-0.2, -0.15) is 0 Å². The van der Waals surface area contributed by atoms with E-state index in [1.165, 1.54) is 0 Å². The molecule has 98 valence electrons. The van der Waals surface area contributed by atoms with Gasteiger partial charge in [0.05, 0.1) is 9.92 Å². The molecule has 2 aliphatic rings. The lowest BCUT2D eigenvalue weighted by atomic mass is 10.2. The average molecular weight is 305 g/mol. The molecule has 2 bridgehead atoms. The van der Waals surface area contributed by atoms with E-state index in [1.807, 2.05) is 0 Å². The average Bonchev–Trinajstić information content (AvgIpc) is 2.61. The van der Waals surface area contributed by atoms with Crippen LogP contribution in [0.15, 0.2) is 23.1 Å². The summed E-state index contributed by atoms with van der Waals surface area (Å²) >= 11 is 12.1. The Morgan fingerprint density at radius 3 is 2.56 bits per heavy atom. The molecule has 1 aromatic carbocycles. The number of piperazine rings is 1. The van der Waals surface area contributed by atoms with Gasteiger partial charge in [0.2, 0.25) is 0 Å². The second-order valence-electron chi connectivity index (χ2n) is 4.73. The fourth-order valence-electron chi connectivity index (χ4n) is 2.73. The van der Waals surface area contributed by atoms with E-state index in [1.54, 1.807) is 18.2 Å². The predicted octanol–water partition coefficient (Wildman–Crippen LogP) is 2.45. The first-order valence-corrected chi connectivity index (χ1v) is 7.89. The Balaban J connectivity index is 1.93. The van der Waals surface area contributed by atoms with Crippen LogP contribution in [-0.2, 0) is 11.0 Å². The molecular formula is C12H14Cl2N2OS. The van der Waals surface area contributed by atoms with Gasteiger partial charge in [0.15, 0.2) is 0 Å². The molecule has 3 atom stereocenters. The van der Waals surface area contributed by atoms with Gasteiger partial charge in [-0.1, -0.05) is 23.2 Å². The monoisotopic (exact) mass is 304 g/mol. The Morgan fingerprint density at radius 1 is 1.22 bits per heavy atom. The van der Waals surface area contributed by atoms with Crippen LogP contribution < -0.4 is 5.32 Å². The first-order chi connectivity index (χ1) is 8.66. The molecule has 1 aromatic rings. The normalized spacial score (nSPS) is 29.4. The zero-order valence-corrected chi connectivity index (χ0v) is 12.1. The lowest BCUT2D eigenvalue weighted by molar-refractivity contribution is 0.276. The minimum absolute atomic E-state index is 0.347. The summed E-state index contributed by atoms with van der Waals surface area (Å²) in [4.78, 5) is 0.628. The second-order valence-corrected chi connectivity index (χ2v) is 6.93. The number of hydrogen-bond donors (Lipinski definition) is 1. The van der Waals surface area contributed by atoms with Gasteiger partial charge in [-0.15, -0.1) is 0 Å². The minimum Gasteiger partial charge on any atom is -0.314 e. The maximum Gasteiger partial charge on any atom is 0.129 e. The molecule has 0 saturated carbocycles. The number of nitrogens with zero attached hydrogens (tertiary/aromatic N) is 1. The van der Waals surface area contributed by atoms with Gasteiger partial charge in [0, 0.05) is 30.2 Å². The summed E-state index contributed by atoms with van der Waals surface area (Å²) in [6.07, 6.45) is 2.20. The molecular weight excluding hydrogens is 291 g/mol. The van der Waals surface area contributed by atoms with E-state index in [0.29, 0.717) is 27.0 Å². The molecule has 2 unspecified atom stereocenters. The van der Waals surface area contributed by atoms with Crippen LogP contribution in [0.25, 0.3) is 0 Å². The summed E-state index contributed by atoms with van der Waals surface area (Å²) < 4.78 is 14.8. The number of benzene rings is 1. The maximum absolute atomic E-state index is 12.7. The number of fused-ring (bicyclic) bond motifs is 2. The van der Waals surface area contributed by atoms with Crippen LogP contribution in [0.1, 0.15) is 12.8 Å². The van der Waals surface area contributed by atoms with E-state index >= 15 is 0 Å². The van der Waals surface area contributed by atoms with Gasteiger partial charge in [-0.25, -0.2) is 8.51 Å². The summed E-state index contributed by atoms with van der Waals surface area (Å²) in [5.41, 5.74) is 0. The van der Waals surface area contributed by atoms with Crippen LogP contribution in [0.4, 0.5) is 0 Å². The van der Waals surface area contributed by atoms with Crippen LogP contribution in [0.3, 0.4) is 0 Å². The molecule has 3 rings (SSSR count). The predicted molar refractivity (Wildman–Crippen MR) is 74.4 cm³/mol. The summed E-state index contributed by atoms with van der Waals surface area (Å²) in [6, 6.07) is 5.83. The van der Waals surface area contributed by atoms with Gasteiger partial charge in [0.25, 0.3) is 0 Å². The quantitative estimate of drug-likeness (QED) is 0.910. The van der Waals surface area contributed by atoms with E-state index in [2.05, 4.69) is 9.62 Å². The van der Waals surface area contributed by atoms with Crippen LogP contribution in [-0.4, -0.2) is 33.7 Å². The van der Waals surface area contributed by atoms with E-state index in [-0.39, 0.29) is 0 Å². The van der Waals surface area contributed by atoms with Crippen molar-refractivity contribution >= 4 is 34.2 Å². The van der Waals surface area contributed by atoms with Crippen molar-refractivity contribution in [3.05, 3.63) is 28.2 Å². The lowest BCUT2D eigenvalue weighted by Gasteiger charge is -2.33. The van der Waals surface area contributed by atoms with Gasteiger partial charge in [-0.05, 0) is 31.0 Å². The third kappa shape index (κ3) is 2.21. The van der Waals surface area contributed by atoms with Crippen molar-refractivity contribution in [2.75, 3.05) is 13.1 Å². The second kappa shape index (κ2) is 5.10. The van der Waals surface area contributed by atoms with E-state index in [9.17, 15) is 4.21 Å². The topological polar surface area (TPSA) is 32.3 Å². The Hall–Kier alpha value is -0.130.